The van der Waals surface area contributed by atoms with E-state index in [0.717, 1.165) is 29.1 Å². The number of hydrogen-bond donors (Lipinski definition) is 2. The van der Waals surface area contributed by atoms with Crippen molar-refractivity contribution >= 4 is 34.7 Å². The van der Waals surface area contributed by atoms with Crippen molar-refractivity contribution in [3.63, 3.8) is 0 Å². The Bertz CT molecular complexity index is 621. The van der Waals surface area contributed by atoms with E-state index in [1.54, 1.807) is 11.8 Å². The van der Waals surface area contributed by atoms with Gasteiger partial charge in [-0.25, -0.2) is 0 Å². The molecule has 0 atom stereocenters. The Labute approximate surface area is 136 Å². The van der Waals surface area contributed by atoms with Crippen LogP contribution in [0.3, 0.4) is 0 Å². The number of aryl methyl sites for hydroxylation is 1. The molecule has 0 amide bonds. The number of benzene rings is 2. The van der Waals surface area contributed by atoms with Crippen LogP contribution in [0.1, 0.15) is 23.6 Å². The topological polar surface area (TPSA) is 38.0 Å². The summed E-state index contributed by atoms with van der Waals surface area (Å²) < 4.78 is 0. The molecule has 110 valence electrons. The third kappa shape index (κ3) is 3.99. The zero-order chi connectivity index (χ0) is 15.2. The smallest absolute Gasteiger partial charge is 0.107 e. The van der Waals surface area contributed by atoms with Crippen LogP contribution in [-0.4, -0.2) is 11.2 Å². The highest BCUT2D eigenvalue weighted by atomic mass is 32.2. The Morgan fingerprint density at radius 3 is 2.38 bits per heavy atom. The van der Waals surface area contributed by atoms with Crippen LogP contribution in [0.15, 0.2) is 47.4 Å². The number of rotatable bonds is 6. The van der Waals surface area contributed by atoms with Crippen molar-refractivity contribution in [2.75, 3.05) is 11.6 Å². The Balaban J connectivity index is 2.17. The van der Waals surface area contributed by atoms with Crippen molar-refractivity contribution in [1.29, 1.82) is 0 Å². The van der Waals surface area contributed by atoms with Crippen molar-refractivity contribution in [3.8, 4) is 0 Å². The van der Waals surface area contributed by atoms with Gasteiger partial charge in [0.25, 0.3) is 0 Å². The summed E-state index contributed by atoms with van der Waals surface area (Å²) in [7, 11) is 0. The van der Waals surface area contributed by atoms with E-state index in [-0.39, 0.29) is 0 Å². The number of thiocarbonyl (C=S) groups is 1. The zero-order valence-electron chi connectivity index (χ0n) is 12.3. The monoisotopic (exact) mass is 316 g/mol. The summed E-state index contributed by atoms with van der Waals surface area (Å²) in [6, 6.07) is 14.7. The van der Waals surface area contributed by atoms with Crippen molar-refractivity contribution in [1.82, 2.24) is 0 Å². The molecule has 0 aromatic heterocycles. The second-order valence-electron chi connectivity index (χ2n) is 4.77. The van der Waals surface area contributed by atoms with Crippen LogP contribution in [0.2, 0.25) is 0 Å². The molecule has 0 heterocycles. The molecule has 0 aliphatic heterocycles. The highest BCUT2D eigenvalue weighted by Crippen LogP contribution is 2.27. The normalized spacial score (nSPS) is 10.4. The molecular formula is C17H20N2S2. The Hall–Kier alpha value is -1.52. The molecule has 0 radical (unpaired) electrons. The van der Waals surface area contributed by atoms with Gasteiger partial charge in [-0.05, 0) is 35.9 Å². The minimum Gasteiger partial charge on any atom is -0.389 e. The van der Waals surface area contributed by atoms with Gasteiger partial charge in [-0.2, -0.15) is 0 Å². The highest BCUT2D eigenvalue weighted by Gasteiger charge is 2.10. The summed E-state index contributed by atoms with van der Waals surface area (Å²) >= 11 is 6.85. The van der Waals surface area contributed by atoms with E-state index < -0.39 is 0 Å². The molecule has 21 heavy (non-hydrogen) atoms. The third-order valence-corrected chi connectivity index (χ3v) is 4.39. The van der Waals surface area contributed by atoms with Gasteiger partial charge >= 0.3 is 0 Å². The molecule has 0 bridgehead atoms. The molecule has 0 aliphatic rings. The summed E-state index contributed by atoms with van der Waals surface area (Å²) in [5.41, 5.74) is 10.4. The van der Waals surface area contributed by atoms with Gasteiger partial charge in [0.2, 0.25) is 0 Å². The Morgan fingerprint density at radius 2 is 1.81 bits per heavy atom. The first-order chi connectivity index (χ1) is 10.2. The number of thioether (sulfide) groups is 1. The van der Waals surface area contributed by atoms with E-state index in [0.29, 0.717) is 4.99 Å². The van der Waals surface area contributed by atoms with Crippen molar-refractivity contribution < 1.29 is 0 Å². The lowest BCUT2D eigenvalue weighted by Gasteiger charge is -2.14. The first-order valence-electron chi connectivity index (χ1n) is 6.94. The number of anilines is 1. The maximum Gasteiger partial charge on any atom is 0.107 e. The van der Waals surface area contributed by atoms with Crippen molar-refractivity contribution in [2.45, 2.75) is 24.8 Å². The number of nitrogens with two attached hydrogens (primary N) is 1. The number of nitrogens with one attached hydrogen (secondary N) is 1. The largest absolute Gasteiger partial charge is 0.389 e. The Morgan fingerprint density at radius 1 is 1.14 bits per heavy atom. The van der Waals surface area contributed by atoms with E-state index in [9.17, 15) is 0 Å². The average molecular weight is 316 g/mol. The lowest BCUT2D eigenvalue weighted by molar-refractivity contribution is 1.10. The summed E-state index contributed by atoms with van der Waals surface area (Å²) in [6.45, 7) is 2.92. The SMILES string of the molecule is CCc1ccc(CNc2cccc(SC)c2C(N)=S)cc1. The van der Waals surface area contributed by atoms with Gasteiger partial charge in [0.05, 0.1) is 0 Å². The lowest BCUT2D eigenvalue weighted by atomic mass is 10.1. The van der Waals surface area contributed by atoms with Crippen LogP contribution in [0.5, 0.6) is 0 Å². The van der Waals surface area contributed by atoms with Crippen LogP contribution in [0, 0.1) is 0 Å². The standard InChI is InChI=1S/C17H20N2S2/c1-3-12-7-9-13(10-8-12)11-19-14-5-4-6-15(21-2)16(14)17(18)20/h4-10,19H,3,11H2,1-2H3,(H2,18,20). The van der Waals surface area contributed by atoms with E-state index in [2.05, 4.69) is 36.5 Å². The molecule has 0 saturated carbocycles. The minimum atomic E-state index is 0.434. The van der Waals surface area contributed by atoms with Gasteiger partial charge < -0.3 is 11.1 Å². The predicted molar refractivity (Wildman–Crippen MR) is 97.3 cm³/mol. The van der Waals surface area contributed by atoms with Gasteiger partial charge in [0.15, 0.2) is 0 Å². The molecule has 0 unspecified atom stereocenters. The second kappa shape index (κ2) is 7.48. The fourth-order valence-electron chi connectivity index (χ4n) is 2.19. The molecule has 0 saturated heterocycles. The lowest BCUT2D eigenvalue weighted by Crippen LogP contribution is -2.14. The molecule has 0 fully saturated rings. The van der Waals surface area contributed by atoms with Crippen molar-refractivity contribution in [2.24, 2.45) is 5.73 Å². The molecule has 4 heteroatoms. The maximum absolute atomic E-state index is 5.88. The first kappa shape index (κ1) is 15.9. The minimum absolute atomic E-state index is 0.434. The quantitative estimate of drug-likeness (QED) is 0.618. The highest BCUT2D eigenvalue weighted by molar-refractivity contribution is 7.98. The summed E-state index contributed by atoms with van der Waals surface area (Å²) in [4.78, 5) is 1.54. The van der Waals surface area contributed by atoms with Crippen LogP contribution in [0.4, 0.5) is 5.69 Å². The average Bonchev–Trinajstić information content (AvgIpc) is 2.52. The molecule has 3 N–H and O–H groups in total. The van der Waals surface area contributed by atoms with E-state index in [1.165, 1.54) is 11.1 Å². The third-order valence-electron chi connectivity index (χ3n) is 3.41. The predicted octanol–water partition coefficient (Wildman–Crippen LogP) is 4.22. The van der Waals surface area contributed by atoms with E-state index in [1.807, 2.05) is 24.5 Å². The van der Waals surface area contributed by atoms with Crippen LogP contribution >= 0.6 is 24.0 Å². The second-order valence-corrected chi connectivity index (χ2v) is 6.06. The van der Waals surface area contributed by atoms with Gasteiger partial charge in [0, 0.05) is 22.7 Å². The molecular weight excluding hydrogens is 296 g/mol. The molecule has 2 rings (SSSR count). The van der Waals surface area contributed by atoms with Gasteiger partial charge in [-0.1, -0.05) is 49.5 Å². The molecule has 0 spiro atoms. The zero-order valence-corrected chi connectivity index (χ0v) is 14.0. The summed E-state index contributed by atoms with van der Waals surface area (Å²) in [5, 5.41) is 3.44. The van der Waals surface area contributed by atoms with Crippen molar-refractivity contribution in [3.05, 3.63) is 59.2 Å². The number of hydrogen-bond acceptors (Lipinski definition) is 3. The molecule has 2 aromatic rings. The van der Waals surface area contributed by atoms with Gasteiger partial charge in [-0.3, -0.25) is 0 Å². The van der Waals surface area contributed by atoms with E-state index >= 15 is 0 Å². The van der Waals surface area contributed by atoms with Crippen LogP contribution in [0.25, 0.3) is 0 Å². The molecule has 2 aromatic carbocycles. The van der Waals surface area contributed by atoms with Crippen LogP contribution in [-0.2, 0) is 13.0 Å². The Kier molecular flexibility index (Phi) is 5.65. The molecule has 0 aliphatic carbocycles. The van der Waals surface area contributed by atoms with Crippen LogP contribution < -0.4 is 11.1 Å². The summed E-state index contributed by atoms with van der Waals surface area (Å²) in [5.74, 6) is 0. The summed E-state index contributed by atoms with van der Waals surface area (Å²) in [6.07, 6.45) is 3.10. The maximum atomic E-state index is 5.88. The fraction of sp³-hybridized carbons (Fsp3) is 0.235. The van der Waals surface area contributed by atoms with Gasteiger partial charge in [-0.15, -0.1) is 11.8 Å². The fourth-order valence-corrected chi connectivity index (χ4v) is 3.12. The molecule has 2 nitrogen and oxygen atoms in total. The van der Waals surface area contributed by atoms with E-state index in [4.69, 9.17) is 18.0 Å². The van der Waals surface area contributed by atoms with Gasteiger partial charge in [0.1, 0.15) is 4.99 Å². The first-order valence-corrected chi connectivity index (χ1v) is 8.57.